The summed E-state index contributed by atoms with van der Waals surface area (Å²) < 4.78 is 7.53. The van der Waals surface area contributed by atoms with E-state index in [1.165, 1.54) is 0 Å². The predicted molar refractivity (Wildman–Crippen MR) is 86.0 cm³/mol. The molecule has 3 aromatic rings. The third-order valence-electron chi connectivity index (χ3n) is 4.09. The summed E-state index contributed by atoms with van der Waals surface area (Å²) in [5.74, 6) is 3.47. The number of thiophene rings is 1. The number of aryl methyl sites for hydroxylation is 2. The summed E-state index contributed by atoms with van der Waals surface area (Å²) >= 11 is 1.62. The first-order chi connectivity index (χ1) is 11.3. The highest BCUT2D eigenvalue weighted by molar-refractivity contribution is 7.13. The van der Waals surface area contributed by atoms with Crippen LogP contribution in [0.5, 0.6) is 0 Å². The summed E-state index contributed by atoms with van der Waals surface area (Å²) in [4.78, 5) is 7.91. The highest BCUT2D eigenvalue weighted by Gasteiger charge is 2.19. The first kappa shape index (κ1) is 14.5. The Morgan fingerprint density at radius 1 is 1.30 bits per heavy atom. The monoisotopic (exact) mass is 330 g/mol. The van der Waals surface area contributed by atoms with Gasteiger partial charge in [0.05, 0.1) is 11.4 Å². The van der Waals surface area contributed by atoms with E-state index in [1.54, 1.807) is 11.3 Å². The Hall–Kier alpha value is -2.06. The largest absolute Gasteiger partial charge is 0.339 e. The number of fused-ring (bicyclic) bond motifs is 1. The molecule has 8 heteroatoms. The molecule has 0 unspecified atom stereocenters. The molecule has 23 heavy (non-hydrogen) atoms. The smallest absolute Gasteiger partial charge is 0.227 e. The van der Waals surface area contributed by atoms with Crippen molar-refractivity contribution in [3.8, 4) is 10.7 Å². The van der Waals surface area contributed by atoms with Gasteiger partial charge in [-0.2, -0.15) is 4.98 Å². The van der Waals surface area contributed by atoms with Crippen LogP contribution in [0.2, 0.25) is 0 Å². The summed E-state index contributed by atoms with van der Waals surface area (Å²) in [6, 6.07) is 4.00. The second kappa shape index (κ2) is 6.21. The van der Waals surface area contributed by atoms with Gasteiger partial charge in [0.2, 0.25) is 11.7 Å². The highest BCUT2D eigenvalue weighted by Crippen LogP contribution is 2.21. The van der Waals surface area contributed by atoms with E-state index in [0.717, 1.165) is 55.5 Å². The standard InChI is InChI=1S/C15H18N6OS/c1-11-17-18-13-10-20(7-8-21(11)13)6-2-5-14-16-15(19-22-14)12-4-3-9-23-12/h3-4,9H,2,5-8,10H2,1H3. The molecular weight excluding hydrogens is 312 g/mol. The van der Waals surface area contributed by atoms with E-state index < -0.39 is 0 Å². The predicted octanol–water partition coefficient (Wildman–Crippen LogP) is 2.15. The fourth-order valence-corrected chi connectivity index (χ4v) is 3.51. The minimum atomic E-state index is 0.691. The number of hydrogen-bond donors (Lipinski definition) is 0. The van der Waals surface area contributed by atoms with E-state index in [2.05, 4.69) is 29.8 Å². The van der Waals surface area contributed by atoms with Gasteiger partial charge in [-0.25, -0.2) is 0 Å². The summed E-state index contributed by atoms with van der Waals surface area (Å²) in [6.07, 6.45) is 1.81. The molecular formula is C15H18N6OS. The van der Waals surface area contributed by atoms with Crippen molar-refractivity contribution in [1.29, 1.82) is 0 Å². The minimum Gasteiger partial charge on any atom is -0.339 e. The molecule has 4 rings (SSSR count). The lowest BCUT2D eigenvalue weighted by molar-refractivity contribution is 0.211. The fourth-order valence-electron chi connectivity index (χ4n) is 2.86. The fraction of sp³-hybridized carbons (Fsp3) is 0.467. The Bertz CT molecular complexity index is 778. The van der Waals surface area contributed by atoms with Crippen LogP contribution >= 0.6 is 11.3 Å². The van der Waals surface area contributed by atoms with Crippen LogP contribution in [0, 0.1) is 6.92 Å². The van der Waals surface area contributed by atoms with E-state index in [4.69, 9.17) is 4.52 Å². The Morgan fingerprint density at radius 3 is 3.13 bits per heavy atom. The molecule has 0 bridgehead atoms. The lowest BCUT2D eigenvalue weighted by Crippen LogP contribution is -2.35. The van der Waals surface area contributed by atoms with Gasteiger partial charge in [0, 0.05) is 19.5 Å². The zero-order chi connectivity index (χ0) is 15.6. The molecule has 0 atom stereocenters. The molecule has 120 valence electrons. The third kappa shape index (κ3) is 3.04. The lowest BCUT2D eigenvalue weighted by atomic mass is 10.2. The molecule has 0 spiro atoms. The maximum absolute atomic E-state index is 5.34. The van der Waals surface area contributed by atoms with Gasteiger partial charge in [-0.3, -0.25) is 4.90 Å². The lowest BCUT2D eigenvalue weighted by Gasteiger charge is -2.27. The molecule has 1 aliphatic heterocycles. The topological polar surface area (TPSA) is 72.9 Å². The first-order valence-electron chi connectivity index (χ1n) is 7.77. The van der Waals surface area contributed by atoms with Crippen LogP contribution < -0.4 is 0 Å². The minimum absolute atomic E-state index is 0.691. The van der Waals surface area contributed by atoms with Gasteiger partial charge in [0.25, 0.3) is 0 Å². The molecule has 0 fully saturated rings. The molecule has 0 aromatic carbocycles. The first-order valence-corrected chi connectivity index (χ1v) is 8.65. The van der Waals surface area contributed by atoms with Gasteiger partial charge in [0.1, 0.15) is 11.6 Å². The molecule has 0 aliphatic carbocycles. The molecule has 0 amide bonds. The van der Waals surface area contributed by atoms with E-state index in [1.807, 2.05) is 24.4 Å². The van der Waals surface area contributed by atoms with Crippen molar-refractivity contribution in [2.45, 2.75) is 32.9 Å². The average Bonchev–Trinajstić information content (AvgIpc) is 3.28. The Balaban J connectivity index is 1.29. The zero-order valence-electron chi connectivity index (χ0n) is 13.0. The average molecular weight is 330 g/mol. The van der Waals surface area contributed by atoms with Gasteiger partial charge >= 0.3 is 0 Å². The van der Waals surface area contributed by atoms with Crippen molar-refractivity contribution < 1.29 is 4.52 Å². The van der Waals surface area contributed by atoms with Crippen molar-refractivity contribution in [3.05, 3.63) is 35.1 Å². The zero-order valence-corrected chi connectivity index (χ0v) is 13.8. The van der Waals surface area contributed by atoms with Crippen LogP contribution in [-0.4, -0.2) is 42.9 Å². The van der Waals surface area contributed by atoms with E-state index in [9.17, 15) is 0 Å². The molecule has 0 N–H and O–H groups in total. The van der Waals surface area contributed by atoms with Gasteiger partial charge < -0.3 is 9.09 Å². The Labute approximate surface area is 138 Å². The Morgan fingerprint density at radius 2 is 2.26 bits per heavy atom. The van der Waals surface area contributed by atoms with Crippen molar-refractivity contribution in [1.82, 2.24) is 29.8 Å². The van der Waals surface area contributed by atoms with Crippen LogP contribution in [0.15, 0.2) is 22.0 Å². The number of nitrogens with zero attached hydrogens (tertiary/aromatic N) is 6. The van der Waals surface area contributed by atoms with Gasteiger partial charge in [-0.1, -0.05) is 11.2 Å². The van der Waals surface area contributed by atoms with Crippen LogP contribution in [0.4, 0.5) is 0 Å². The molecule has 7 nitrogen and oxygen atoms in total. The SMILES string of the molecule is Cc1nnc2n1CCN(CCCc1nc(-c3cccs3)no1)C2. The molecule has 4 heterocycles. The quantitative estimate of drug-likeness (QED) is 0.714. The Kier molecular flexibility index (Phi) is 3.92. The highest BCUT2D eigenvalue weighted by atomic mass is 32.1. The number of rotatable bonds is 5. The molecule has 0 saturated heterocycles. The van der Waals surface area contributed by atoms with Gasteiger partial charge in [-0.15, -0.1) is 21.5 Å². The van der Waals surface area contributed by atoms with Crippen molar-refractivity contribution in [2.75, 3.05) is 13.1 Å². The van der Waals surface area contributed by atoms with Crippen molar-refractivity contribution in [2.24, 2.45) is 0 Å². The van der Waals surface area contributed by atoms with Gasteiger partial charge in [-0.05, 0) is 31.3 Å². The van der Waals surface area contributed by atoms with Crippen molar-refractivity contribution in [3.63, 3.8) is 0 Å². The van der Waals surface area contributed by atoms with E-state index in [0.29, 0.717) is 11.7 Å². The molecule has 3 aromatic heterocycles. The molecule has 0 radical (unpaired) electrons. The maximum Gasteiger partial charge on any atom is 0.227 e. The molecule has 0 saturated carbocycles. The molecule has 1 aliphatic rings. The summed E-state index contributed by atoms with van der Waals surface area (Å²) in [5, 5.41) is 14.4. The second-order valence-corrected chi connectivity index (χ2v) is 6.63. The summed E-state index contributed by atoms with van der Waals surface area (Å²) in [5.41, 5.74) is 0. The van der Waals surface area contributed by atoms with Crippen LogP contribution in [0.25, 0.3) is 10.7 Å². The van der Waals surface area contributed by atoms with Gasteiger partial charge in [0.15, 0.2) is 0 Å². The summed E-state index contributed by atoms with van der Waals surface area (Å²) in [7, 11) is 0. The second-order valence-electron chi connectivity index (χ2n) is 5.68. The third-order valence-corrected chi connectivity index (χ3v) is 4.96. The maximum atomic E-state index is 5.34. The van der Waals surface area contributed by atoms with Crippen LogP contribution in [0.1, 0.15) is 24.0 Å². The normalized spacial score (nSPS) is 15.0. The number of hydrogen-bond acceptors (Lipinski definition) is 7. The van der Waals surface area contributed by atoms with E-state index >= 15 is 0 Å². The summed E-state index contributed by atoms with van der Waals surface area (Å²) in [6.45, 7) is 5.88. The van der Waals surface area contributed by atoms with Crippen LogP contribution in [-0.2, 0) is 19.5 Å². The van der Waals surface area contributed by atoms with Crippen molar-refractivity contribution >= 4 is 11.3 Å². The van der Waals surface area contributed by atoms with E-state index in [-0.39, 0.29) is 0 Å². The van der Waals surface area contributed by atoms with Crippen LogP contribution in [0.3, 0.4) is 0 Å². The number of aromatic nitrogens is 5.